The van der Waals surface area contributed by atoms with E-state index in [0.717, 1.165) is 24.7 Å². The summed E-state index contributed by atoms with van der Waals surface area (Å²) in [5.41, 5.74) is 0. The van der Waals surface area contributed by atoms with Crippen LogP contribution in [-0.2, 0) is 4.74 Å². The molecule has 0 amide bonds. The summed E-state index contributed by atoms with van der Waals surface area (Å²) in [7, 11) is 0. The van der Waals surface area contributed by atoms with Crippen molar-refractivity contribution < 1.29 is 9.26 Å². The molecule has 0 radical (unpaired) electrons. The smallest absolute Gasteiger partial charge is 0.239 e. The lowest BCUT2D eigenvalue weighted by Gasteiger charge is -2.10. The zero-order valence-electron chi connectivity index (χ0n) is 9.81. The van der Waals surface area contributed by atoms with E-state index < -0.39 is 0 Å². The van der Waals surface area contributed by atoms with Gasteiger partial charge in [-0.1, -0.05) is 5.16 Å². The highest BCUT2D eigenvalue weighted by Crippen LogP contribution is 2.28. The third kappa shape index (κ3) is 3.22. The van der Waals surface area contributed by atoms with E-state index >= 15 is 0 Å². The third-order valence-corrected chi connectivity index (χ3v) is 3.90. The first-order valence-corrected chi connectivity index (χ1v) is 6.84. The molecule has 2 atom stereocenters. The minimum atomic E-state index is 0.280. The summed E-state index contributed by atoms with van der Waals surface area (Å²) in [5.74, 6) is 2.53. The van der Waals surface area contributed by atoms with E-state index in [0.29, 0.717) is 11.9 Å². The van der Waals surface area contributed by atoms with Crippen LogP contribution in [0.15, 0.2) is 4.52 Å². The van der Waals surface area contributed by atoms with E-state index in [1.165, 1.54) is 12.8 Å². The molecule has 1 saturated heterocycles. The van der Waals surface area contributed by atoms with Crippen LogP contribution in [0.1, 0.15) is 43.2 Å². The summed E-state index contributed by atoms with van der Waals surface area (Å²) in [5, 5.41) is 4.08. The summed E-state index contributed by atoms with van der Waals surface area (Å²) < 4.78 is 10.7. The van der Waals surface area contributed by atoms with Gasteiger partial charge in [0.05, 0.1) is 11.4 Å². The Kier molecular flexibility index (Phi) is 4.23. The zero-order chi connectivity index (χ0) is 11.4. The number of hydrogen-bond donors (Lipinski definition) is 0. The third-order valence-electron chi connectivity index (χ3n) is 2.72. The number of aryl methyl sites for hydroxylation is 1. The molecule has 1 fully saturated rings. The SMILES string of the molecule is Cc1noc([C@H](C)SCC[C@@H]2CCCO2)n1. The molecule has 0 spiro atoms. The van der Waals surface area contributed by atoms with Crippen molar-refractivity contribution in [3.8, 4) is 0 Å². The number of aromatic nitrogens is 2. The second-order valence-corrected chi connectivity index (χ2v) is 5.57. The molecular formula is C11H18N2O2S. The first kappa shape index (κ1) is 11.9. The van der Waals surface area contributed by atoms with E-state index in [9.17, 15) is 0 Å². The van der Waals surface area contributed by atoms with E-state index in [1.807, 2.05) is 18.7 Å². The van der Waals surface area contributed by atoms with Gasteiger partial charge in [-0.3, -0.25) is 0 Å². The van der Waals surface area contributed by atoms with Crippen molar-refractivity contribution in [3.05, 3.63) is 11.7 Å². The van der Waals surface area contributed by atoms with Gasteiger partial charge in [-0.05, 0) is 38.9 Å². The fourth-order valence-electron chi connectivity index (χ4n) is 1.80. The number of hydrogen-bond acceptors (Lipinski definition) is 5. The van der Waals surface area contributed by atoms with Crippen molar-refractivity contribution in [2.75, 3.05) is 12.4 Å². The lowest BCUT2D eigenvalue weighted by Crippen LogP contribution is -2.06. The average molecular weight is 242 g/mol. The van der Waals surface area contributed by atoms with Crippen LogP contribution in [0, 0.1) is 6.92 Å². The molecule has 0 N–H and O–H groups in total. The predicted molar refractivity (Wildman–Crippen MR) is 63.5 cm³/mol. The lowest BCUT2D eigenvalue weighted by molar-refractivity contribution is 0.109. The van der Waals surface area contributed by atoms with Crippen LogP contribution in [0.3, 0.4) is 0 Å². The Morgan fingerprint density at radius 3 is 3.06 bits per heavy atom. The molecule has 0 aromatic carbocycles. The number of rotatable bonds is 5. The van der Waals surface area contributed by atoms with E-state index in [-0.39, 0.29) is 5.25 Å². The summed E-state index contributed by atoms with van der Waals surface area (Å²) in [4.78, 5) is 4.23. The van der Waals surface area contributed by atoms with Crippen molar-refractivity contribution in [3.63, 3.8) is 0 Å². The quantitative estimate of drug-likeness (QED) is 0.794. The average Bonchev–Trinajstić information content (AvgIpc) is 2.89. The van der Waals surface area contributed by atoms with Gasteiger partial charge in [-0.25, -0.2) is 0 Å². The predicted octanol–water partition coefficient (Wildman–Crippen LogP) is 2.74. The first-order chi connectivity index (χ1) is 7.75. The van der Waals surface area contributed by atoms with Crippen molar-refractivity contribution in [1.82, 2.24) is 10.1 Å². The molecule has 90 valence electrons. The molecule has 1 aliphatic rings. The van der Waals surface area contributed by atoms with Crippen LogP contribution in [0.4, 0.5) is 0 Å². The standard InChI is InChI=1S/C11H18N2O2S/c1-8(11-12-9(2)13-15-11)16-7-5-10-4-3-6-14-10/h8,10H,3-7H2,1-2H3/t8-,10-/m0/s1. The van der Waals surface area contributed by atoms with Crippen molar-refractivity contribution in [2.45, 2.75) is 44.5 Å². The van der Waals surface area contributed by atoms with E-state index in [1.54, 1.807) is 0 Å². The van der Waals surface area contributed by atoms with Gasteiger partial charge in [0.25, 0.3) is 0 Å². The molecule has 0 bridgehead atoms. The molecule has 0 aliphatic carbocycles. The van der Waals surface area contributed by atoms with E-state index in [4.69, 9.17) is 9.26 Å². The summed E-state index contributed by atoms with van der Waals surface area (Å²) in [6.45, 7) is 4.89. The molecule has 1 aliphatic heterocycles. The molecular weight excluding hydrogens is 224 g/mol. The van der Waals surface area contributed by atoms with Gasteiger partial charge in [-0.15, -0.1) is 11.8 Å². The summed E-state index contributed by atoms with van der Waals surface area (Å²) >= 11 is 1.85. The van der Waals surface area contributed by atoms with Gasteiger partial charge in [0.15, 0.2) is 5.82 Å². The number of nitrogens with zero attached hydrogens (tertiary/aromatic N) is 2. The topological polar surface area (TPSA) is 48.2 Å². The Hall–Kier alpha value is -0.550. The molecule has 4 nitrogen and oxygen atoms in total. The van der Waals surface area contributed by atoms with Crippen molar-refractivity contribution in [1.29, 1.82) is 0 Å². The Morgan fingerprint density at radius 2 is 2.44 bits per heavy atom. The van der Waals surface area contributed by atoms with Crippen LogP contribution in [-0.4, -0.2) is 28.6 Å². The Balaban J connectivity index is 1.69. The molecule has 1 aromatic heterocycles. The van der Waals surface area contributed by atoms with Gasteiger partial charge in [0.1, 0.15) is 0 Å². The van der Waals surface area contributed by atoms with Crippen molar-refractivity contribution in [2.24, 2.45) is 0 Å². The second-order valence-electron chi connectivity index (χ2n) is 4.12. The van der Waals surface area contributed by atoms with Gasteiger partial charge in [-0.2, -0.15) is 4.98 Å². The highest BCUT2D eigenvalue weighted by Gasteiger charge is 2.17. The summed E-state index contributed by atoms with van der Waals surface area (Å²) in [6, 6.07) is 0. The Labute approximate surface area is 100 Å². The lowest BCUT2D eigenvalue weighted by atomic mass is 10.2. The normalized spacial score (nSPS) is 22.5. The molecule has 2 heterocycles. The monoisotopic (exact) mass is 242 g/mol. The summed E-state index contributed by atoms with van der Waals surface area (Å²) in [6.07, 6.45) is 4.04. The molecule has 16 heavy (non-hydrogen) atoms. The van der Waals surface area contributed by atoms with Gasteiger partial charge in [0, 0.05) is 6.61 Å². The molecule has 0 unspecified atom stereocenters. The maximum absolute atomic E-state index is 5.58. The Bertz CT molecular complexity index is 324. The first-order valence-electron chi connectivity index (χ1n) is 5.79. The minimum Gasteiger partial charge on any atom is -0.378 e. The van der Waals surface area contributed by atoms with Crippen molar-refractivity contribution >= 4 is 11.8 Å². The van der Waals surface area contributed by atoms with E-state index in [2.05, 4.69) is 17.1 Å². The fraction of sp³-hybridized carbons (Fsp3) is 0.818. The van der Waals surface area contributed by atoms with Crippen LogP contribution in [0.5, 0.6) is 0 Å². The Morgan fingerprint density at radius 1 is 1.56 bits per heavy atom. The van der Waals surface area contributed by atoms with Crippen LogP contribution >= 0.6 is 11.8 Å². The largest absolute Gasteiger partial charge is 0.378 e. The van der Waals surface area contributed by atoms with Crippen LogP contribution in [0.25, 0.3) is 0 Å². The highest BCUT2D eigenvalue weighted by molar-refractivity contribution is 7.99. The van der Waals surface area contributed by atoms with Gasteiger partial charge < -0.3 is 9.26 Å². The van der Waals surface area contributed by atoms with Crippen LogP contribution in [0.2, 0.25) is 0 Å². The number of ether oxygens (including phenoxy) is 1. The highest BCUT2D eigenvalue weighted by atomic mass is 32.2. The van der Waals surface area contributed by atoms with Gasteiger partial charge >= 0.3 is 0 Å². The molecule has 5 heteroatoms. The zero-order valence-corrected chi connectivity index (χ0v) is 10.6. The molecule has 1 aromatic rings. The minimum absolute atomic E-state index is 0.280. The molecule has 2 rings (SSSR count). The maximum Gasteiger partial charge on any atom is 0.239 e. The number of thioether (sulfide) groups is 1. The maximum atomic E-state index is 5.58. The van der Waals surface area contributed by atoms with Crippen LogP contribution < -0.4 is 0 Å². The van der Waals surface area contributed by atoms with Gasteiger partial charge in [0.2, 0.25) is 5.89 Å². The fourth-order valence-corrected chi connectivity index (χ4v) is 2.79. The second kappa shape index (κ2) is 5.68. The molecule has 0 saturated carbocycles.